The summed E-state index contributed by atoms with van der Waals surface area (Å²) in [7, 11) is 0. The second-order valence-corrected chi connectivity index (χ2v) is 4.93. The third kappa shape index (κ3) is 2.99. The van der Waals surface area contributed by atoms with Crippen LogP contribution in [0.15, 0.2) is 12.1 Å². The van der Waals surface area contributed by atoms with Gasteiger partial charge in [-0.05, 0) is 37.9 Å². The summed E-state index contributed by atoms with van der Waals surface area (Å²) < 4.78 is 27.1. The van der Waals surface area contributed by atoms with E-state index >= 15 is 0 Å². The van der Waals surface area contributed by atoms with Gasteiger partial charge < -0.3 is 10.2 Å². The molecule has 0 aromatic heterocycles. The minimum absolute atomic E-state index is 0.240. The van der Waals surface area contributed by atoms with Crippen molar-refractivity contribution in [2.45, 2.75) is 32.7 Å². The van der Waals surface area contributed by atoms with Crippen LogP contribution in [0.2, 0.25) is 0 Å². The molecule has 4 heteroatoms. The first-order chi connectivity index (χ1) is 8.60. The smallest absolute Gasteiger partial charge is 0.146 e. The number of piperidine rings is 1. The summed E-state index contributed by atoms with van der Waals surface area (Å²) in [6, 6.07) is 2.75. The molecule has 1 saturated heterocycles. The van der Waals surface area contributed by atoms with Crippen LogP contribution in [0.4, 0.5) is 14.5 Å². The van der Waals surface area contributed by atoms with E-state index in [2.05, 4.69) is 17.1 Å². The predicted molar refractivity (Wildman–Crippen MR) is 69.9 cm³/mol. The standard InChI is InChI=1S/C14H20F2N2/c1-3-18-6-4-11(5-7-18)17-14-9-12(15)10(2)8-13(14)16/h8-9,11,17H,3-7H2,1-2H3. The molecule has 0 unspecified atom stereocenters. The van der Waals surface area contributed by atoms with Gasteiger partial charge in [-0.1, -0.05) is 6.92 Å². The Morgan fingerprint density at radius 2 is 1.89 bits per heavy atom. The summed E-state index contributed by atoms with van der Waals surface area (Å²) in [5.74, 6) is -0.725. The molecule has 18 heavy (non-hydrogen) atoms. The molecule has 0 radical (unpaired) electrons. The lowest BCUT2D eigenvalue weighted by Crippen LogP contribution is -2.39. The lowest BCUT2D eigenvalue weighted by Gasteiger charge is -2.32. The fourth-order valence-corrected chi connectivity index (χ4v) is 2.37. The van der Waals surface area contributed by atoms with Crippen molar-refractivity contribution in [1.29, 1.82) is 0 Å². The van der Waals surface area contributed by atoms with Gasteiger partial charge in [0.1, 0.15) is 11.6 Å². The first-order valence-electron chi connectivity index (χ1n) is 6.54. The van der Waals surface area contributed by atoms with Crippen LogP contribution in [0.1, 0.15) is 25.3 Å². The van der Waals surface area contributed by atoms with Gasteiger partial charge >= 0.3 is 0 Å². The molecular weight excluding hydrogens is 234 g/mol. The van der Waals surface area contributed by atoms with E-state index in [0.717, 1.165) is 32.5 Å². The Labute approximate surface area is 107 Å². The summed E-state index contributed by atoms with van der Waals surface area (Å²) in [4.78, 5) is 2.37. The number of aryl methyl sites for hydroxylation is 1. The summed E-state index contributed by atoms with van der Waals surface area (Å²) in [5.41, 5.74) is 0.631. The van der Waals surface area contributed by atoms with Gasteiger partial charge in [0.2, 0.25) is 0 Å². The van der Waals surface area contributed by atoms with Crippen LogP contribution in [-0.2, 0) is 0 Å². The largest absolute Gasteiger partial charge is 0.380 e. The first kappa shape index (κ1) is 13.3. The number of hydrogen-bond donors (Lipinski definition) is 1. The molecule has 0 saturated carbocycles. The molecule has 1 fully saturated rings. The number of hydrogen-bond acceptors (Lipinski definition) is 2. The Balaban J connectivity index is 2.00. The molecule has 2 nitrogen and oxygen atoms in total. The topological polar surface area (TPSA) is 15.3 Å². The number of anilines is 1. The van der Waals surface area contributed by atoms with Gasteiger partial charge in [-0.15, -0.1) is 0 Å². The molecule has 0 atom stereocenters. The van der Waals surface area contributed by atoms with Crippen LogP contribution in [0, 0.1) is 18.6 Å². The van der Waals surface area contributed by atoms with Gasteiger partial charge in [-0.3, -0.25) is 0 Å². The van der Waals surface area contributed by atoms with Gasteiger partial charge in [-0.25, -0.2) is 8.78 Å². The highest BCUT2D eigenvalue weighted by molar-refractivity contribution is 5.47. The number of likely N-dealkylation sites (tertiary alicyclic amines) is 1. The highest BCUT2D eigenvalue weighted by atomic mass is 19.1. The molecule has 0 aliphatic carbocycles. The minimum atomic E-state index is -0.369. The van der Waals surface area contributed by atoms with E-state index in [1.807, 2.05) is 0 Å². The Hall–Kier alpha value is -1.16. The SMILES string of the molecule is CCN1CCC(Nc2cc(F)c(C)cc2F)CC1. The van der Waals surface area contributed by atoms with Crippen LogP contribution >= 0.6 is 0 Å². The number of nitrogens with one attached hydrogen (secondary N) is 1. The maximum absolute atomic E-state index is 13.7. The van der Waals surface area contributed by atoms with Crippen molar-refractivity contribution in [3.63, 3.8) is 0 Å². The third-order valence-electron chi connectivity index (χ3n) is 3.64. The minimum Gasteiger partial charge on any atom is -0.380 e. The number of nitrogens with zero attached hydrogens (tertiary/aromatic N) is 1. The Bertz CT molecular complexity index is 413. The lowest BCUT2D eigenvalue weighted by molar-refractivity contribution is 0.229. The zero-order chi connectivity index (χ0) is 13.1. The van der Waals surface area contributed by atoms with E-state index in [0.29, 0.717) is 5.56 Å². The molecule has 100 valence electrons. The van der Waals surface area contributed by atoms with Crippen molar-refractivity contribution in [2.75, 3.05) is 25.0 Å². The van der Waals surface area contributed by atoms with Crippen LogP contribution in [-0.4, -0.2) is 30.6 Å². The normalized spacial score (nSPS) is 18.0. The number of benzene rings is 1. The predicted octanol–water partition coefficient (Wildman–Crippen LogP) is 3.17. The van der Waals surface area contributed by atoms with E-state index in [1.54, 1.807) is 6.92 Å². The summed E-state index contributed by atoms with van der Waals surface area (Å²) >= 11 is 0. The van der Waals surface area contributed by atoms with Gasteiger partial charge in [0, 0.05) is 25.2 Å². The summed E-state index contributed by atoms with van der Waals surface area (Å²) in [6.45, 7) is 6.80. The first-order valence-corrected chi connectivity index (χ1v) is 6.54. The van der Waals surface area contributed by atoms with Crippen molar-refractivity contribution in [2.24, 2.45) is 0 Å². The quantitative estimate of drug-likeness (QED) is 0.891. The Morgan fingerprint density at radius 1 is 1.22 bits per heavy atom. The van der Waals surface area contributed by atoms with E-state index in [4.69, 9.17) is 0 Å². The molecule has 1 aliphatic heterocycles. The molecule has 1 aliphatic rings. The molecule has 1 heterocycles. The number of rotatable bonds is 3. The summed E-state index contributed by atoms with van der Waals surface area (Å²) in [6.07, 6.45) is 1.95. The fourth-order valence-electron chi connectivity index (χ4n) is 2.37. The van der Waals surface area contributed by atoms with Crippen LogP contribution in [0.25, 0.3) is 0 Å². The van der Waals surface area contributed by atoms with Crippen molar-refractivity contribution in [1.82, 2.24) is 4.90 Å². The van der Waals surface area contributed by atoms with E-state index in [9.17, 15) is 8.78 Å². The van der Waals surface area contributed by atoms with E-state index in [-0.39, 0.29) is 23.4 Å². The molecule has 0 amide bonds. The molecule has 0 bridgehead atoms. The van der Waals surface area contributed by atoms with E-state index < -0.39 is 0 Å². The monoisotopic (exact) mass is 254 g/mol. The molecule has 2 rings (SSSR count). The van der Waals surface area contributed by atoms with Crippen LogP contribution in [0.3, 0.4) is 0 Å². The molecule has 1 N–H and O–H groups in total. The van der Waals surface area contributed by atoms with Gasteiger partial charge in [-0.2, -0.15) is 0 Å². The molecule has 1 aromatic carbocycles. The van der Waals surface area contributed by atoms with Crippen LogP contribution < -0.4 is 5.32 Å². The average molecular weight is 254 g/mol. The van der Waals surface area contributed by atoms with Gasteiger partial charge in [0.05, 0.1) is 5.69 Å². The third-order valence-corrected chi connectivity index (χ3v) is 3.64. The van der Waals surface area contributed by atoms with Gasteiger partial charge in [0.25, 0.3) is 0 Å². The fraction of sp³-hybridized carbons (Fsp3) is 0.571. The van der Waals surface area contributed by atoms with Crippen molar-refractivity contribution in [3.05, 3.63) is 29.3 Å². The Morgan fingerprint density at radius 3 is 2.50 bits per heavy atom. The highest BCUT2D eigenvalue weighted by Gasteiger charge is 2.19. The van der Waals surface area contributed by atoms with Crippen molar-refractivity contribution >= 4 is 5.69 Å². The summed E-state index contributed by atoms with van der Waals surface area (Å²) in [5, 5.41) is 3.12. The molecule has 1 aromatic rings. The Kier molecular flexibility index (Phi) is 4.17. The zero-order valence-corrected chi connectivity index (χ0v) is 11.0. The number of halogens is 2. The maximum Gasteiger partial charge on any atom is 0.146 e. The second-order valence-electron chi connectivity index (χ2n) is 4.93. The van der Waals surface area contributed by atoms with Crippen molar-refractivity contribution in [3.8, 4) is 0 Å². The van der Waals surface area contributed by atoms with Crippen LogP contribution in [0.5, 0.6) is 0 Å². The molecular formula is C14H20F2N2. The van der Waals surface area contributed by atoms with Gasteiger partial charge in [0.15, 0.2) is 0 Å². The van der Waals surface area contributed by atoms with Crippen molar-refractivity contribution < 1.29 is 8.78 Å². The zero-order valence-electron chi connectivity index (χ0n) is 11.0. The lowest BCUT2D eigenvalue weighted by atomic mass is 10.0. The molecule has 0 spiro atoms. The van der Waals surface area contributed by atoms with E-state index in [1.165, 1.54) is 12.1 Å². The average Bonchev–Trinajstić information content (AvgIpc) is 2.37. The maximum atomic E-state index is 13.7. The highest BCUT2D eigenvalue weighted by Crippen LogP contribution is 2.22. The second kappa shape index (κ2) is 5.65.